The number of thioether (sulfide) groups is 1. The maximum atomic E-state index is 12.2. The molecule has 0 saturated carbocycles. The summed E-state index contributed by atoms with van der Waals surface area (Å²) < 4.78 is 5.27. The Morgan fingerprint density at radius 2 is 2.14 bits per heavy atom. The average molecular weight is 317 g/mol. The summed E-state index contributed by atoms with van der Waals surface area (Å²) >= 11 is 1.71. The highest BCUT2D eigenvalue weighted by Gasteiger charge is 2.34. The molecule has 1 aromatic heterocycles. The van der Waals surface area contributed by atoms with Crippen LogP contribution in [0.5, 0.6) is 0 Å². The van der Waals surface area contributed by atoms with Gasteiger partial charge in [0.15, 0.2) is 5.82 Å². The Labute approximate surface area is 134 Å². The minimum Gasteiger partial charge on any atom is -0.339 e. The van der Waals surface area contributed by atoms with Gasteiger partial charge in [0, 0.05) is 30.8 Å². The summed E-state index contributed by atoms with van der Waals surface area (Å²) in [6, 6.07) is 8.33. The highest BCUT2D eigenvalue weighted by molar-refractivity contribution is 7.98. The van der Waals surface area contributed by atoms with E-state index in [2.05, 4.69) is 40.7 Å². The van der Waals surface area contributed by atoms with Crippen LogP contribution in [-0.2, 0) is 17.8 Å². The minimum atomic E-state index is 0.0192. The summed E-state index contributed by atoms with van der Waals surface area (Å²) in [5.74, 6) is 1.46. The zero-order chi connectivity index (χ0) is 15.5. The lowest BCUT2D eigenvalue weighted by atomic mass is 10.1. The Kier molecular flexibility index (Phi) is 4.47. The van der Waals surface area contributed by atoms with Gasteiger partial charge in [0.2, 0.25) is 11.8 Å². The van der Waals surface area contributed by atoms with Crippen molar-refractivity contribution in [3.8, 4) is 0 Å². The topological polar surface area (TPSA) is 59.2 Å². The van der Waals surface area contributed by atoms with Crippen LogP contribution in [0.2, 0.25) is 0 Å². The minimum absolute atomic E-state index is 0.0192. The molecule has 1 saturated heterocycles. The Morgan fingerprint density at radius 1 is 1.36 bits per heavy atom. The maximum Gasteiger partial charge on any atom is 0.232 e. The van der Waals surface area contributed by atoms with Crippen molar-refractivity contribution in [2.45, 2.75) is 37.1 Å². The van der Waals surface area contributed by atoms with Crippen molar-refractivity contribution in [3.05, 3.63) is 41.5 Å². The van der Waals surface area contributed by atoms with Crippen LogP contribution in [-0.4, -0.2) is 33.7 Å². The van der Waals surface area contributed by atoms with Crippen molar-refractivity contribution in [1.82, 2.24) is 15.0 Å². The molecule has 0 aliphatic carbocycles. The van der Waals surface area contributed by atoms with E-state index in [1.54, 1.807) is 11.8 Å². The number of carbonyl (C=O) groups excluding carboxylic acids is 1. The molecule has 116 valence electrons. The maximum absolute atomic E-state index is 12.2. The highest BCUT2D eigenvalue weighted by Crippen LogP contribution is 2.28. The van der Waals surface area contributed by atoms with Crippen molar-refractivity contribution in [2.24, 2.45) is 0 Å². The molecule has 2 aromatic rings. The number of amides is 1. The third-order valence-electron chi connectivity index (χ3n) is 3.90. The van der Waals surface area contributed by atoms with Crippen molar-refractivity contribution in [2.75, 3.05) is 12.8 Å². The van der Waals surface area contributed by atoms with Gasteiger partial charge >= 0.3 is 0 Å². The molecule has 1 aliphatic rings. The van der Waals surface area contributed by atoms with Crippen molar-refractivity contribution in [1.29, 1.82) is 0 Å². The number of likely N-dealkylation sites (tertiary alicyclic amines) is 1. The van der Waals surface area contributed by atoms with E-state index in [0.717, 1.165) is 12.0 Å². The molecular weight excluding hydrogens is 298 g/mol. The molecule has 3 rings (SSSR count). The number of aromatic nitrogens is 2. The Balaban J connectivity index is 1.66. The lowest BCUT2D eigenvalue weighted by Gasteiger charge is -2.16. The molecule has 1 unspecified atom stereocenters. The molecule has 1 atom stereocenters. The van der Waals surface area contributed by atoms with Crippen molar-refractivity contribution >= 4 is 17.7 Å². The van der Waals surface area contributed by atoms with E-state index < -0.39 is 0 Å². The van der Waals surface area contributed by atoms with E-state index in [4.69, 9.17) is 4.52 Å². The number of hydrogen-bond acceptors (Lipinski definition) is 5. The molecule has 0 N–H and O–H groups in total. The lowest BCUT2D eigenvalue weighted by molar-refractivity contribution is -0.128. The van der Waals surface area contributed by atoms with E-state index in [1.165, 1.54) is 4.90 Å². The van der Waals surface area contributed by atoms with Crippen LogP contribution in [0.1, 0.15) is 36.5 Å². The van der Waals surface area contributed by atoms with Gasteiger partial charge in [0.05, 0.1) is 5.92 Å². The van der Waals surface area contributed by atoms with Crippen LogP contribution in [0.3, 0.4) is 0 Å². The standard InChI is InChI=1S/C16H19N3O2S/c1-3-14-17-16(21-18-14)12-8-15(20)19(10-12)9-11-4-6-13(22-2)7-5-11/h4-7,12H,3,8-10H2,1-2H3. The number of benzene rings is 1. The lowest BCUT2D eigenvalue weighted by Crippen LogP contribution is -2.24. The van der Waals surface area contributed by atoms with Gasteiger partial charge in [0.25, 0.3) is 0 Å². The molecule has 2 heterocycles. The van der Waals surface area contributed by atoms with Gasteiger partial charge in [-0.15, -0.1) is 11.8 Å². The predicted octanol–water partition coefficient (Wildman–Crippen LogP) is 2.87. The first kappa shape index (κ1) is 15.1. The van der Waals surface area contributed by atoms with Gasteiger partial charge in [-0.25, -0.2) is 0 Å². The van der Waals surface area contributed by atoms with Crippen molar-refractivity contribution < 1.29 is 9.32 Å². The number of aryl methyl sites for hydroxylation is 1. The first-order valence-electron chi connectivity index (χ1n) is 7.42. The molecule has 1 amide bonds. The smallest absolute Gasteiger partial charge is 0.232 e. The molecule has 0 spiro atoms. The largest absolute Gasteiger partial charge is 0.339 e. The Hall–Kier alpha value is -1.82. The first-order chi connectivity index (χ1) is 10.7. The van der Waals surface area contributed by atoms with Gasteiger partial charge in [-0.05, 0) is 24.0 Å². The Bertz CT molecular complexity index is 654. The Morgan fingerprint density at radius 3 is 2.77 bits per heavy atom. The third kappa shape index (κ3) is 3.16. The molecule has 22 heavy (non-hydrogen) atoms. The fraction of sp³-hybridized carbons (Fsp3) is 0.438. The van der Waals surface area contributed by atoms with Crippen LogP contribution in [0.25, 0.3) is 0 Å². The van der Waals surface area contributed by atoms with Gasteiger partial charge in [-0.1, -0.05) is 24.2 Å². The van der Waals surface area contributed by atoms with Crippen molar-refractivity contribution in [3.63, 3.8) is 0 Å². The predicted molar refractivity (Wildman–Crippen MR) is 84.7 cm³/mol. The van der Waals surface area contributed by atoms with E-state index in [9.17, 15) is 4.79 Å². The summed E-state index contributed by atoms with van der Waals surface area (Å²) in [5, 5.41) is 3.91. The summed E-state index contributed by atoms with van der Waals surface area (Å²) in [6.45, 7) is 3.27. The second-order valence-corrected chi connectivity index (χ2v) is 6.31. The number of carbonyl (C=O) groups is 1. The van der Waals surface area contributed by atoms with E-state index in [-0.39, 0.29) is 11.8 Å². The second kappa shape index (κ2) is 6.52. The fourth-order valence-corrected chi connectivity index (χ4v) is 3.03. The van der Waals surface area contributed by atoms with Gasteiger partial charge in [0.1, 0.15) is 0 Å². The van der Waals surface area contributed by atoms with Crippen LogP contribution in [0.4, 0.5) is 0 Å². The molecule has 1 aliphatic heterocycles. The SMILES string of the molecule is CCc1noc(C2CC(=O)N(Cc3ccc(SC)cc3)C2)n1. The number of hydrogen-bond donors (Lipinski definition) is 0. The summed E-state index contributed by atoms with van der Waals surface area (Å²) in [4.78, 5) is 19.6. The highest BCUT2D eigenvalue weighted by atomic mass is 32.2. The van der Waals surface area contributed by atoms with Gasteiger partial charge < -0.3 is 9.42 Å². The normalized spacial score (nSPS) is 18.2. The molecular formula is C16H19N3O2S. The zero-order valence-corrected chi connectivity index (χ0v) is 13.6. The quantitative estimate of drug-likeness (QED) is 0.794. The van der Waals surface area contributed by atoms with E-state index in [0.29, 0.717) is 31.2 Å². The zero-order valence-electron chi connectivity index (χ0n) is 12.8. The summed E-state index contributed by atoms with van der Waals surface area (Å²) in [5.41, 5.74) is 1.14. The van der Waals surface area contributed by atoms with Gasteiger partial charge in [-0.2, -0.15) is 4.98 Å². The molecule has 0 bridgehead atoms. The molecule has 0 radical (unpaired) electrons. The van der Waals surface area contributed by atoms with Gasteiger partial charge in [-0.3, -0.25) is 4.79 Å². The summed E-state index contributed by atoms with van der Waals surface area (Å²) in [6.07, 6.45) is 3.25. The van der Waals surface area contributed by atoms with E-state index in [1.807, 2.05) is 11.8 Å². The molecule has 1 fully saturated rings. The number of nitrogens with zero attached hydrogens (tertiary/aromatic N) is 3. The molecule has 5 nitrogen and oxygen atoms in total. The fourth-order valence-electron chi connectivity index (χ4n) is 2.62. The third-order valence-corrected chi connectivity index (χ3v) is 4.64. The molecule has 1 aromatic carbocycles. The van der Waals surface area contributed by atoms with Crippen LogP contribution in [0, 0.1) is 0 Å². The van der Waals surface area contributed by atoms with Crippen LogP contribution < -0.4 is 0 Å². The van der Waals surface area contributed by atoms with Crippen LogP contribution in [0.15, 0.2) is 33.7 Å². The average Bonchev–Trinajstić information content (AvgIpc) is 3.15. The van der Waals surface area contributed by atoms with E-state index >= 15 is 0 Å². The summed E-state index contributed by atoms with van der Waals surface area (Å²) in [7, 11) is 0. The molecule has 6 heteroatoms. The first-order valence-corrected chi connectivity index (χ1v) is 8.65. The number of rotatable bonds is 5. The second-order valence-electron chi connectivity index (χ2n) is 5.43. The van der Waals surface area contributed by atoms with Crippen LogP contribution >= 0.6 is 11.8 Å². The monoisotopic (exact) mass is 317 g/mol.